The van der Waals surface area contributed by atoms with Gasteiger partial charge in [0.05, 0.1) is 17.6 Å². The highest BCUT2D eigenvalue weighted by atomic mass is 35.5. The molecule has 0 aliphatic rings. The van der Waals surface area contributed by atoms with E-state index >= 15 is 0 Å². The molecule has 3 nitrogen and oxygen atoms in total. The summed E-state index contributed by atoms with van der Waals surface area (Å²) >= 11 is 5.91. The van der Waals surface area contributed by atoms with Crippen molar-refractivity contribution in [3.63, 3.8) is 0 Å². The lowest BCUT2D eigenvalue weighted by Gasteiger charge is -2.05. The van der Waals surface area contributed by atoms with E-state index in [1.807, 2.05) is 30.5 Å². The number of halogens is 1. The number of hydrogen-bond donors (Lipinski definition) is 1. The summed E-state index contributed by atoms with van der Waals surface area (Å²) in [6, 6.07) is 13.8. The van der Waals surface area contributed by atoms with Crippen LogP contribution in [-0.2, 0) is 0 Å². The number of aromatic nitrogens is 2. The molecule has 0 bridgehead atoms. The van der Waals surface area contributed by atoms with Gasteiger partial charge in [-0.1, -0.05) is 35.4 Å². The molecule has 0 fully saturated rings. The molecule has 2 aromatic carbocycles. The Morgan fingerprint density at radius 3 is 2.43 bits per heavy atom. The minimum absolute atomic E-state index is 0.664. The molecule has 0 amide bonds. The summed E-state index contributed by atoms with van der Waals surface area (Å²) in [7, 11) is 0. The second-order valence-corrected chi connectivity index (χ2v) is 5.61. The van der Waals surface area contributed by atoms with Gasteiger partial charge in [-0.3, -0.25) is 0 Å². The molecule has 1 aromatic heterocycles. The SMILES string of the molecule is Cc1ccc(-c2nn(-c3ccc(Cl)cc3)cc2N)c(C)c1. The van der Waals surface area contributed by atoms with Gasteiger partial charge in [0, 0.05) is 10.6 Å². The molecule has 2 N–H and O–H groups in total. The minimum atomic E-state index is 0.664. The Morgan fingerprint density at radius 2 is 1.76 bits per heavy atom. The van der Waals surface area contributed by atoms with Gasteiger partial charge in [0.2, 0.25) is 0 Å². The Bertz CT molecular complexity index is 788. The summed E-state index contributed by atoms with van der Waals surface area (Å²) < 4.78 is 1.78. The van der Waals surface area contributed by atoms with Crippen molar-refractivity contribution in [1.82, 2.24) is 9.78 Å². The molecule has 0 aliphatic carbocycles. The zero-order valence-electron chi connectivity index (χ0n) is 12.0. The molecule has 3 rings (SSSR count). The van der Waals surface area contributed by atoms with Crippen molar-refractivity contribution in [1.29, 1.82) is 0 Å². The van der Waals surface area contributed by atoms with Crippen molar-refractivity contribution >= 4 is 17.3 Å². The average molecular weight is 298 g/mol. The molecular weight excluding hydrogens is 282 g/mol. The van der Waals surface area contributed by atoms with Crippen LogP contribution in [0.1, 0.15) is 11.1 Å². The molecule has 0 aliphatic heterocycles. The van der Waals surface area contributed by atoms with Crippen LogP contribution in [0.5, 0.6) is 0 Å². The largest absolute Gasteiger partial charge is 0.396 e. The van der Waals surface area contributed by atoms with Gasteiger partial charge >= 0.3 is 0 Å². The number of benzene rings is 2. The summed E-state index contributed by atoms with van der Waals surface area (Å²) in [5, 5.41) is 5.32. The minimum Gasteiger partial charge on any atom is -0.396 e. The summed E-state index contributed by atoms with van der Waals surface area (Å²) in [6.45, 7) is 4.15. The number of nitrogens with two attached hydrogens (primary N) is 1. The summed E-state index contributed by atoms with van der Waals surface area (Å²) in [5.74, 6) is 0. The lowest BCUT2D eigenvalue weighted by Crippen LogP contribution is -1.95. The van der Waals surface area contributed by atoms with E-state index < -0.39 is 0 Å². The molecular formula is C17H16ClN3. The van der Waals surface area contributed by atoms with Gasteiger partial charge in [0.15, 0.2) is 0 Å². The first-order chi connectivity index (χ1) is 10.0. The van der Waals surface area contributed by atoms with Gasteiger partial charge in [-0.15, -0.1) is 0 Å². The zero-order valence-corrected chi connectivity index (χ0v) is 12.7. The van der Waals surface area contributed by atoms with E-state index in [9.17, 15) is 0 Å². The second-order valence-electron chi connectivity index (χ2n) is 5.17. The standard InChI is InChI=1S/C17H16ClN3/c1-11-3-8-15(12(2)9-11)17-16(19)10-21(20-17)14-6-4-13(18)5-7-14/h3-10H,19H2,1-2H3. The van der Waals surface area contributed by atoms with Crippen LogP contribution in [0, 0.1) is 13.8 Å². The normalized spacial score (nSPS) is 10.8. The molecule has 0 unspecified atom stereocenters. The molecule has 0 atom stereocenters. The van der Waals surface area contributed by atoms with Crippen molar-refractivity contribution in [2.24, 2.45) is 0 Å². The fourth-order valence-electron chi connectivity index (χ4n) is 2.40. The van der Waals surface area contributed by atoms with E-state index in [2.05, 4.69) is 37.1 Å². The topological polar surface area (TPSA) is 43.8 Å². The first-order valence-corrected chi connectivity index (χ1v) is 7.11. The first-order valence-electron chi connectivity index (χ1n) is 6.73. The van der Waals surface area contributed by atoms with Crippen molar-refractivity contribution < 1.29 is 0 Å². The van der Waals surface area contributed by atoms with Crippen LogP contribution in [0.2, 0.25) is 5.02 Å². The van der Waals surface area contributed by atoms with Crippen molar-refractivity contribution in [2.45, 2.75) is 13.8 Å². The highest BCUT2D eigenvalue weighted by Crippen LogP contribution is 2.29. The summed E-state index contributed by atoms with van der Waals surface area (Å²) in [5.41, 5.74) is 12.0. The van der Waals surface area contributed by atoms with Gasteiger partial charge in [-0.25, -0.2) is 4.68 Å². The third-order valence-electron chi connectivity index (χ3n) is 3.47. The summed E-state index contributed by atoms with van der Waals surface area (Å²) in [6.07, 6.45) is 1.83. The molecule has 0 spiro atoms. The van der Waals surface area contributed by atoms with Gasteiger partial charge in [-0.2, -0.15) is 5.10 Å². The van der Waals surface area contributed by atoms with Gasteiger partial charge in [0.25, 0.3) is 0 Å². The Balaban J connectivity index is 2.07. The highest BCUT2D eigenvalue weighted by molar-refractivity contribution is 6.30. The Labute approximate surface area is 129 Å². The van der Waals surface area contributed by atoms with Crippen molar-refractivity contribution in [2.75, 3.05) is 5.73 Å². The third kappa shape index (κ3) is 2.65. The number of anilines is 1. The number of rotatable bonds is 2. The monoisotopic (exact) mass is 297 g/mol. The maximum atomic E-state index is 6.14. The van der Waals surface area contributed by atoms with Crippen molar-refractivity contribution in [3.05, 3.63) is 64.8 Å². The molecule has 4 heteroatoms. The van der Waals surface area contributed by atoms with Gasteiger partial charge < -0.3 is 5.73 Å². The number of nitrogens with zero attached hydrogens (tertiary/aromatic N) is 2. The van der Waals surface area contributed by atoms with Crippen LogP contribution in [-0.4, -0.2) is 9.78 Å². The van der Waals surface area contributed by atoms with Gasteiger partial charge in [0.1, 0.15) is 5.69 Å². The average Bonchev–Trinajstić information content (AvgIpc) is 2.81. The summed E-state index contributed by atoms with van der Waals surface area (Å²) in [4.78, 5) is 0. The number of hydrogen-bond acceptors (Lipinski definition) is 2. The quantitative estimate of drug-likeness (QED) is 0.762. The van der Waals surface area contributed by atoms with Crippen molar-refractivity contribution in [3.8, 4) is 16.9 Å². The zero-order chi connectivity index (χ0) is 15.0. The molecule has 1 heterocycles. The smallest absolute Gasteiger partial charge is 0.116 e. The van der Waals surface area contributed by atoms with E-state index in [4.69, 9.17) is 17.3 Å². The predicted octanol–water partition coefficient (Wildman–Crippen LogP) is 4.39. The molecule has 0 saturated carbocycles. The van der Waals surface area contributed by atoms with E-state index in [1.165, 1.54) is 11.1 Å². The first kappa shape index (κ1) is 13.7. The molecule has 0 radical (unpaired) electrons. The van der Waals surface area contributed by atoms with Gasteiger partial charge in [-0.05, 0) is 43.7 Å². The number of aryl methyl sites for hydroxylation is 2. The van der Waals surface area contributed by atoms with E-state index in [1.54, 1.807) is 4.68 Å². The van der Waals surface area contributed by atoms with Crippen LogP contribution in [0.3, 0.4) is 0 Å². The third-order valence-corrected chi connectivity index (χ3v) is 3.72. The van der Waals surface area contributed by atoms with Crippen LogP contribution in [0.25, 0.3) is 16.9 Å². The second kappa shape index (κ2) is 5.26. The maximum Gasteiger partial charge on any atom is 0.116 e. The van der Waals surface area contributed by atoms with Crippen LogP contribution >= 0.6 is 11.6 Å². The highest BCUT2D eigenvalue weighted by Gasteiger charge is 2.12. The molecule has 21 heavy (non-hydrogen) atoms. The fraction of sp³-hybridized carbons (Fsp3) is 0.118. The molecule has 3 aromatic rings. The van der Waals surface area contributed by atoms with Crippen LogP contribution in [0.15, 0.2) is 48.7 Å². The lowest BCUT2D eigenvalue weighted by atomic mass is 10.0. The Hall–Kier alpha value is -2.26. The number of nitrogen functional groups attached to an aromatic ring is 1. The van der Waals surface area contributed by atoms with E-state index in [0.717, 1.165) is 16.9 Å². The Kier molecular flexibility index (Phi) is 3.43. The van der Waals surface area contributed by atoms with Crippen LogP contribution < -0.4 is 5.73 Å². The van der Waals surface area contributed by atoms with E-state index in [-0.39, 0.29) is 0 Å². The lowest BCUT2D eigenvalue weighted by molar-refractivity contribution is 0.884. The predicted molar refractivity (Wildman–Crippen MR) is 87.9 cm³/mol. The molecule has 106 valence electrons. The Morgan fingerprint density at radius 1 is 1.05 bits per heavy atom. The fourth-order valence-corrected chi connectivity index (χ4v) is 2.53. The molecule has 0 saturated heterocycles. The van der Waals surface area contributed by atoms with Crippen LogP contribution in [0.4, 0.5) is 5.69 Å². The maximum absolute atomic E-state index is 6.14. The van der Waals surface area contributed by atoms with E-state index in [0.29, 0.717) is 10.7 Å².